The second kappa shape index (κ2) is 9.93. The lowest BCUT2D eigenvalue weighted by atomic mass is 9.72. The summed E-state index contributed by atoms with van der Waals surface area (Å²) in [5.74, 6) is -8.06. The first-order valence-electron chi connectivity index (χ1n) is 11.8. The highest BCUT2D eigenvalue weighted by Gasteiger charge is 2.32. The molecule has 0 aromatic heterocycles. The van der Waals surface area contributed by atoms with Gasteiger partial charge in [-0.15, -0.1) is 0 Å². The van der Waals surface area contributed by atoms with E-state index in [9.17, 15) is 38.0 Å². The maximum absolute atomic E-state index is 14.8. The fraction of sp³-hybridized carbons (Fsp3) is 0.200. The van der Waals surface area contributed by atoms with Crippen molar-refractivity contribution in [2.75, 3.05) is 0 Å². The van der Waals surface area contributed by atoms with Gasteiger partial charge in [-0.25, -0.2) is 17.6 Å². The molecule has 198 valence electrons. The molecule has 0 heterocycles. The Balaban J connectivity index is 2.14. The van der Waals surface area contributed by atoms with E-state index in [0.29, 0.717) is 0 Å². The summed E-state index contributed by atoms with van der Waals surface area (Å²) in [6, 6.07) is 10.2. The van der Waals surface area contributed by atoms with Crippen LogP contribution in [0.15, 0.2) is 48.5 Å². The topological polar surface area (TPSA) is 80.9 Å². The third kappa shape index (κ3) is 4.74. The predicted molar refractivity (Wildman–Crippen MR) is 135 cm³/mol. The summed E-state index contributed by atoms with van der Waals surface area (Å²) in [6.07, 6.45) is 0. The summed E-state index contributed by atoms with van der Waals surface area (Å²) in [5.41, 5.74) is 1.74. The van der Waals surface area contributed by atoms with Gasteiger partial charge in [0.05, 0.1) is 0 Å². The number of rotatable bonds is 5. The molecule has 0 aliphatic rings. The molecule has 4 aromatic rings. The van der Waals surface area contributed by atoms with Crippen molar-refractivity contribution in [3.05, 3.63) is 116 Å². The predicted octanol–water partition coefficient (Wildman–Crippen LogP) is 7.26. The summed E-state index contributed by atoms with van der Waals surface area (Å²) in [7, 11) is 0. The molecular formula is C30H26F4O4. The standard InChI is InChI=1S/C30H26F4O4/c1-13-5-17(9-21(31)27(13)35)25(18-6-14(2)28(36)22(32)10-18)26(19-7-15(3)29(37)23(33)11-19)20-8-16(4)30(38)24(34)12-20/h5-12,25-26,35-38H,1-4H3. The molecule has 0 radical (unpaired) electrons. The van der Waals surface area contributed by atoms with E-state index < -0.39 is 58.1 Å². The van der Waals surface area contributed by atoms with Crippen molar-refractivity contribution in [1.29, 1.82) is 0 Å². The van der Waals surface area contributed by atoms with Crippen LogP contribution in [-0.2, 0) is 0 Å². The third-order valence-corrected chi connectivity index (χ3v) is 6.88. The lowest BCUT2D eigenvalue weighted by Crippen LogP contribution is -2.17. The largest absolute Gasteiger partial charge is 0.505 e. The molecule has 0 fully saturated rings. The van der Waals surface area contributed by atoms with Crippen LogP contribution in [0, 0.1) is 51.0 Å². The highest BCUT2D eigenvalue weighted by atomic mass is 19.1. The Morgan fingerprint density at radius 2 is 0.579 bits per heavy atom. The van der Waals surface area contributed by atoms with Crippen molar-refractivity contribution < 1.29 is 38.0 Å². The Kier molecular flexibility index (Phi) is 7.02. The number of phenols is 4. The Bertz CT molecular complexity index is 1240. The van der Waals surface area contributed by atoms with Crippen molar-refractivity contribution in [2.24, 2.45) is 0 Å². The number of aryl methyl sites for hydroxylation is 4. The van der Waals surface area contributed by atoms with Crippen molar-refractivity contribution in [3.63, 3.8) is 0 Å². The number of halogens is 4. The lowest BCUT2D eigenvalue weighted by Gasteiger charge is -2.31. The summed E-state index contributed by atoms with van der Waals surface area (Å²) in [6.45, 7) is 5.91. The second-order valence-corrected chi connectivity index (χ2v) is 9.63. The van der Waals surface area contributed by atoms with Gasteiger partial charge >= 0.3 is 0 Å². The lowest BCUT2D eigenvalue weighted by molar-refractivity contribution is 0.423. The average Bonchev–Trinajstić information content (AvgIpc) is 2.85. The molecule has 4 nitrogen and oxygen atoms in total. The fourth-order valence-electron chi connectivity index (χ4n) is 4.93. The fourth-order valence-corrected chi connectivity index (χ4v) is 4.93. The van der Waals surface area contributed by atoms with Crippen LogP contribution < -0.4 is 0 Å². The van der Waals surface area contributed by atoms with Crippen LogP contribution in [0.5, 0.6) is 23.0 Å². The zero-order valence-electron chi connectivity index (χ0n) is 21.1. The maximum Gasteiger partial charge on any atom is 0.165 e. The molecule has 4 rings (SSSR count). The molecule has 0 aliphatic heterocycles. The molecule has 0 aliphatic carbocycles. The van der Waals surface area contributed by atoms with Crippen molar-refractivity contribution >= 4 is 0 Å². The van der Waals surface area contributed by atoms with Crippen LogP contribution in [0.2, 0.25) is 0 Å². The maximum atomic E-state index is 14.8. The van der Waals surface area contributed by atoms with Crippen molar-refractivity contribution in [3.8, 4) is 23.0 Å². The van der Waals surface area contributed by atoms with E-state index in [2.05, 4.69) is 0 Å². The SMILES string of the molecule is Cc1cc(C(c2cc(C)c(O)c(F)c2)C(c2cc(C)c(O)c(F)c2)c2cc(C)c(O)c(F)c2)cc(F)c1O. The molecule has 0 saturated carbocycles. The quantitative estimate of drug-likeness (QED) is 0.206. The molecule has 0 spiro atoms. The monoisotopic (exact) mass is 526 g/mol. The molecular weight excluding hydrogens is 500 g/mol. The molecule has 4 N–H and O–H groups in total. The molecule has 8 heteroatoms. The van der Waals surface area contributed by atoms with Gasteiger partial charge in [0.15, 0.2) is 46.3 Å². The number of phenolic OH excluding ortho intramolecular Hbond substituents is 4. The molecule has 0 amide bonds. The number of hydrogen-bond acceptors (Lipinski definition) is 4. The minimum atomic E-state index is -0.996. The first-order valence-corrected chi connectivity index (χ1v) is 11.8. The van der Waals surface area contributed by atoms with E-state index in [4.69, 9.17) is 0 Å². The summed E-state index contributed by atoms with van der Waals surface area (Å²) >= 11 is 0. The van der Waals surface area contributed by atoms with Gasteiger partial charge in [0.2, 0.25) is 0 Å². The van der Waals surface area contributed by atoms with Gasteiger partial charge in [-0.05, 0) is 96.5 Å². The van der Waals surface area contributed by atoms with Gasteiger partial charge < -0.3 is 20.4 Å². The summed E-state index contributed by atoms with van der Waals surface area (Å²) in [4.78, 5) is 0. The van der Waals surface area contributed by atoms with E-state index in [1.807, 2.05) is 0 Å². The van der Waals surface area contributed by atoms with Gasteiger partial charge in [0.1, 0.15) is 0 Å². The van der Waals surface area contributed by atoms with Crippen LogP contribution in [-0.4, -0.2) is 20.4 Å². The zero-order chi connectivity index (χ0) is 28.0. The first-order chi connectivity index (χ1) is 17.8. The Hall–Kier alpha value is -4.20. The molecule has 38 heavy (non-hydrogen) atoms. The highest BCUT2D eigenvalue weighted by molar-refractivity contribution is 5.53. The Morgan fingerprint density at radius 3 is 0.737 bits per heavy atom. The Morgan fingerprint density at radius 1 is 0.395 bits per heavy atom. The first kappa shape index (κ1) is 26.9. The molecule has 0 unspecified atom stereocenters. The number of benzene rings is 4. The van der Waals surface area contributed by atoms with Gasteiger partial charge in [-0.2, -0.15) is 0 Å². The van der Waals surface area contributed by atoms with E-state index in [1.165, 1.54) is 52.0 Å². The minimum Gasteiger partial charge on any atom is -0.505 e. The van der Waals surface area contributed by atoms with Crippen LogP contribution in [0.25, 0.3) is 0 Å². The van der Waals surface area contributed by atoms with Crippen molar-refractivity contribution in [2.45, 2.75) is 39.5 Å². The normalized spacial score (nSPS) is 11.5. The smallest absolute Gasteiger partial charge is 0.165 e. The second-order valence-electron chi connectivity index (χ2n) is 9.63. The van der Waals surface area contributed by atoms with Gasteiger partial charge in [0.25, 0.3) is 0 Å². The number of hydrogen-bond donors (Lipinski definition) is 4. The zero-order valence-corrected chi connectivity index (χ0v) is 21.1. The molecule has 0 saturated heterocycles. The average molecular weight is 527 g/mol. The van der Waals surface area contributed by atoms with Crippen LogP contribution in [0.1, 0.15) is 56.3 Å². The van der Waals surface area contributed by atoms with Gasteiger partial charge in [-0.3, -0.25) is 0 Å². The van der Waals surface area contributed by atoms with Gasteiger partial charge in [0, 0.05) is 11.8 Å². The van der Waals surface area contributed by atoms with E-state index >= 15 is 0 Å². The highest BCUT2D eigenvalue weighted by Crippen LogP contribution is 2.47. The van der Waals surface area contributed by atoms with Crippen molar-refractivity contribution in [1.82, 2.24) is 0 Å². The van der Waals surface area contributed by atoms with Crippen LogP contribution >= 0.6 is 0 Å². The van der Waals surface area contributed by atoms with E-state index in [0.717, 1.165) is 24.3 Å². The van der Waals surface area contributed by atoms with Crippen LogP contribution in [0.3, 0.4) is 0 Å². The van der Waals surface area contributed by atoms with Crippen LogP contribution in [0.4, 0.5) is 17.6 Å². The van der Waals surface area contributed by atoms with E-state index in [1.54, 1.807) is 0 Å². The summed E-state index contributed by atoms with van der Waals surface area (Å²) in [5, 5.41) is 40.3. The van der Waals surface area contributed by atoms with Gasteiger partial charge in [-0.1, -0.05) is 24.3 Å². The van der Waals surface area contributed by atoms with E-state index in [-0.39, 0.29) is 44.5 Å². The molecule has 0 bridgehead atoms. The molecule has 0 atom stereocenters. The number of aromatic hydroxyl groups is 4. The Labute approximate surface area is 217 Å². The minimum absolute atomic E-state index is 0.181. The summed E-state index contributed by atoms with van der Waals surface area (Å²) < 4.78 is 59.3. The molecule has 4 aromatic carbocycles. The third-order valence-electron chi connectivity index (χ3n) is 6.88.